The van der Waals surface area contributed by atoms with Gasteiger partial charge in [0.15, 0.2) is 8.32 Å². The molecule has 0 spiro atoms. The number of ether oxygens (including phenoxy) is 1. The van der Waals surface area contributed by atoms with E-state index >= 15 is 0 Å². The van der Waals surface area contributed by atoms with E-state index < -0.39 is 32.4 Å². The van der Waals surface area contributed by atoms with Crippen molar-refractivity contribution in [2.45, 2.75) is 63.8 Å². The summed E-state index contributed by atoms with van der Waals surface area (Å²) < 4.78 is 13.4. The second-order valence-corrected chi connectivity index (χ2v) is 14.1. The van der Waals surface area contributed by atoms with Gasteiger partial charge in [-0.1, -0.05) is 39.0 Å². The van der Waals surface area contributed by atoms with E-state index in [4.69, 9.17) is 9.16 Å². The molecular weight excluding hydrogens is 414 g/mol. The van der Waals surface area contributed by atoms with Gasteiger partial charge < -0.3 is 19.6 Å². The van der Waals surface area contributed by atoms with Gasteiger partial charge in [0.2, 0.25) is 0 Å². The molecule has 1 amide bonds. The third kappa shape index (κ3) is 5.48. The Bertz CT molecular complexity index is 971. The monoisotopic (exact) mass is 445 g/mol. The first-order valence-corrected chi connectivity index (χ1v) is 13.3. The number of aliphatic hydroxyl groups excluding tert-OH is 1. The fourth-order valence-electron chi connectivity index (χ4n) is 3.02. The van der Waals surface area contributed by atoms with Crippen molar-refractivity contribution in [2.75, 3.05) is 11.9 Å². The van der Waals surface area contributed by atoms with E-state index in [9.17, 15) is 14.7 Å². The van der Waals surface area contributed by atoms with Gasteiger partial charge in [-0.3, -0.25) is 9.36 Å². The number of carbonyl (C=O) groups is 1. The molecule has 0 radical (unpaired) electrons. The van der Waals surface area contributed by atoms with Gasteiger partial charge in [-0.15, -0.1) is 0 Å². The maximum Gasteiger partial charge on any atom is 0.351 e. The van der Waals surface area contributed by atoms with Crippen molar-refractivity contribution in [1.82, 2.24) is 9.55 Å². The average molecular weight is 446 g/mol. The zero-order valence-electron chi connectivity index (χ0n) is 18.7. The predicted octanol–water partition coefficient (Wildman–Crippen LogP) is 3.17. The van der Waals surface area contributed by atoms with Crippen molar-refractivity contribution in [1.29, 1.82) is 0 Å². The molecule has 1 fully saturated rings. The van der Waals surface area contributed by atoms with Gasteiger partial charge in [-0.05, 0) is 36.3 Å². The van der Waals surface area contributed by atoms with Crippen LogP contribution in [0.4, 0.5) is 5.82 Å². The van der Waals surface area contributed by atoms with Crippen LogP contribution in [0.3, 0.4) is 0 Å². The van der Waals surface area contributed by atoms with E-state index in [1.165, 1.54) is 16.8 Å². The van der Waals surface area contributed by atoms with Crippen LogP contribution in [-0.2, 0) is 9.16 Å². The molecule has 9 heteroatoms. The molecule has 3 atom stereocenters. The molecule has 1 aromatic carbocycles. The number of hydrogen-bond acceptors (Lipinski definition) is 6. The van der Waals surface area contributed by atoms with Gasteiger partial charge in [0, 0.05) is 18.2 Å². The average Bonchev–Trinajstić information content (AvgIpc) is 3.06. The van der Waals surface area contributed by atoms with Crippen LogP contribution in [-0.4, -0.2) is 47.7 Å². The highest BCUT2D eigenvalue weighted by Crippen LogP contribution is 2.37. The van der Waals surface area contributed by atoms with E-state index in [1.54, 1.807) is 24.3 Å². The minimum absolute atomic E-state index is 0.0524. The molecule has 0 bridgehead atoms. The lowest BCUT2D eigenvalue weighted by atomic mass is 10.2. The second-order valence-electron chi connectivity index (χ2n) is 9.33. The molecule has 1 aromatic heterocycles. The van der Waals surface area contributed by atoms with Crippen molar-refractivity contribution in [3.8, 4) is 0 Å². The fraction of sp³-hybridized carbons (Fsp3) is 0.500. The number of hydrogen-bond donors (Lipinski definition) is 2. The van der Waals surface area contributed by atoms with Crippen molar-refractivity contribution < 1.29 is 19.1 Å². The Balaban J connectivity index is 1.64. The highest BCUT2D eigenvalue weighted by Gasteiger charge is 2.41. The second kappa shape index (κ2) is 9.03. The first kappa shape index (κ1) is 23.3. The van der Waals surface area contributed by atoms with Crippen LogP contribution in [0.2, 0.25) is 18.1 Å². The number of aliphatic hydroxyl groups is 1. The Hall–Kier alpha value is -2.33. The van der Waals surface area contributed by atoms with Crippen molar-refractivity contribution in [3.63, 3.8) is 0 Å². The standard InChI is InChI=1S/C22H31N3O5Si/c1-22(2,3)31(4,5)29-14-17-16(26)13-19(30-17)25-12-11-18(24-21(25)28)23-20(27)15-9-7-6-8-10-15/h6-12,16-17,19,26H,13-14H2,1-5H3,(H,23,24,27,28). The summed E-state index contributed by atoms with van der Waals surface area (Å²) in [6.07, 6.45) is -0.0998. The normalized spacial score (nSPS) is 21.8. The Kier molecular flexibility index (Phi) is 6.80. The lowest BCUT2D eigenvalue weighted by molar-refractivity contribution is -0.0432. The maximum absolute atomic E-state index is 12.5. The lowest BCUT2D eigenvalue weighted by Gasteiger charge is -2.37. The molecule has 168 valence electrons. The van der Waals surface area contributed by atoms with Gasteiger partial charge >= 0.3 is 5.69 Å². The highest BCUT2D eigenvalue weighted by molar-refractivity contribution is 6.74. The molecule has 3 rings (SSSR count). The van der Waals surface area contributed by atoms with Crippen LogP contribution in [0.15, 0.2) is 47.4 Å². The van der Waals surface area contributed by atoms with Crippen LogP contribution in [0.25, 0.3) is 0 Å². The van der Waals surface area contributed by atoms with Crippen LogP contribution in [0, 0.1) is 0 Å². The zero-order valence-corrected chi connectivity index (χ0v) is 19.7. The number of nitrogens with one attached hydrogen (secondary N) is 1. The van der Waals surface area contributed by atoms with Gasteiger partial charge in [-0.25, -0.2) is 4.79 Å². The number of amides is 1. The molecule has 2 aromatic rings. The predicted molar refractivity (Wildman–Crippen MR) is 121 cm³/mol. The minimum Gasteiger partial charge on any atom is -0.414 e. The van der Waals surface area contributed by atoms with Crippen molar-refractivity contribution in [2.24, 2.45) is 0 Å². The number of carbonyl (C=O) groups excluding carboxylic acids is 1. The van der Waals surface area contributed by atoms with Crippen LogP contribution < -0.4 is 11.0 Å². The molecule has 8 nitrogen and oxygen atoms in total. The smallest absolute Gasteiger partial charge is 0.351 e. The van der Waals surface area contributed by atoms with Gasteiger partial charge in [0.05, 0.1) is 12.7 Å². The molecule has 1 aliphatic rings. The number of benzene rings is 1. The summed E-state index contributed by atoms with van der Waals surface area (Å²) in [4.78, 5) is 28.7. The summed E-state index contributed by atoms with van der Waals surface area (Å²) in [7, 11) is -1.98. The summed E-state index contributed by atoms with van der Waals surface area (Å²) in [5.74, 6) is -0.188. The molecule has 2 N–H and O–H groups in total. The Morgan fingerprint density at radius 1 is 1.29 bits per heavy atom. The van der Waals surface area contributed by atoms with Gasteiger partial charge in [0.1, 0.15) is 18.1 Å². The highest BCUT2D eigenvalue weighted by atomic mass is 28.4. The van der Waals surface area contributed by atoms with E-state index in [1.807, 2.05) is 6.07 Å². The Labute approximate surface area is 183 Å². The third-order valence-corrected chi connectivity index (χ3v) is 10.5. The summed E-state index contributed by atoms with van der Waals surface area (Å²) in [6.45, 7) is 11.0. The van der Waals surface area contributed by atoms with Gasteiger partial charge in [0.25, 0.3) is 5.91 Å². The largest absolute Gasteiger partial charge is 0.414 e. The third-order valence-electron chi connectivity index (χ3n) is 6.04. The van der Waals surface area contributed by atoms with Crippen molar-refractivity contribution >= 4 is 20.0 Å². The van der Waals surface area contributed by atoms with E-state index in [2.05, 4.69) is 44.2 Å². The van der Waals surface area contributed by atoms with Gasteiger partial charge in [-0.2, -0.15) is 4.98 Å². The summed E-state index contributed by atoms with van der Waals surface area (Å²) in [5.41, 5.74) is -0.0886. The van der Waals surface area contributed by atoms with E-state index in [0.29, 0.717) is 5.56 Å². The lowest BCUT2D eigenvalue weighted by Crippen LogP contribution is -2.43. The molecule has 1 aliphatic heterocycles. The minimum atomic E-state index is -1.98. The first-order chi connectivity index (χ1) is 14.5. The van der Waals surface area contributed by atoms with E-state index in [-0.39, 0.29) is 29.8 Å². The fourth-order valence-corrected chi connectivity index (χ4v) is 4.04. The summed E-state index contributed by atoms with van der Waals surface area (Å²) in [5, 5.41) is 13.1. The van der Waals surface area contributed by atoms with E-state index in [0.717, 1.165) is 0 Å². The van der Waals surface area contributed by atoms with Crippen molar-refractivity contribution in [3.05, 3.63) is 58.6 Å². The Morgan fingerprint density at radius 2 is 1.97 bits per heavy atom. The number of aromatic nitrogens is 2. The quantitative estimate of drug-likeness (QED) is 0.662. The molecule has 1 saturated heterocycles. The zero-order chi connectivity index (χ0) is 22.8. The summed E-state index contributed by atoms with van der Waals surface area (Å²) >= 11 is 0. The Morgan fingerprint density at radius 3 is 2.58 bits per heavy atom. The number of rotatable bonds is 6. The number of anilines is 1. The van der Waals surface area contributed by atoms with Crippen LogP contribution in [0.1, 0.15) is 43.8 Å². The topological polar surface area (TPSA) is 103 Å². The molecule has 0 saturated carbocycles. The molecule has 31 heavy (non-hydrogen) atoms. The molecule has 2 heterocycles. The number of nitrogens with zero attached hydrogens (tertiary/aromatic N) is 2. The first-order valence-electron chi connectivity index (χ1n) is 10.4. The summed E-state index contributed by atoms with van der Waals surface area (Å²) in [6, 6.07) is 10.2. The molecular formula is C22H31N3O5Si. The SMILES string of the molecule is CC(C)(C)[Si](C)(C)OCC1OC(n2ccc(NC(=O)c3ccccc3)nc2=O)CC1O. The maximum atomic E-state index is 12.5. The van der Waals surface area contributed by atoms with Crippen LogP contribution in [0.5, 0.6) is 0 Å². The molecule has 3 unspecified atom stereocenters. The van der Waals surface area contributed by atoms with Crippen LogP contribution >= 0.6 is 0 Å². The molecule has 0 aliphatic carbocycles.